The van der Waals surface area contributed by atoms with E-state index in [0.717, 1.165) is 18.9 Å². The van der Waals surface area contributed by atoms with Crippen molar-refractivity contribution < 1.29 is 4.79 Å². The van der Waals surface area contributed by atoms with Gasteiger partial charge in [-0.15, -0.1) is 0 Å². The predicted molar refractivity (Wildman–Crippen MR) is 79.4 cm³/mol. The van der Waals surface area contributed by atoms with Crippen LogP contribution in [0.25, 0.3) is 0 Å². The van der Waals surface area contributed by atoms with Gasteiger partial charge < -0.3 is 10.2 Å². The van der Waals surface area contributed by atoms with E-state index in [9.17, 15) is 4.79 Å². The van der Waals surface area contributed by atoms with Crippen molar-refractivity contribution in [2.75, 3.05) is 6.54 Å². The number of fused-ring (bicyclic) bond motifs is 3. The molecule has 4 aliphatic rings. The second-order valence-corrected chi connectivity index (χ2v) is 7.67. The van der Waals surface area contributed by atoms with E-state index in [1.807, 2.05) is 0 Å². The van der Waals surface area contributed by atoms with E-state index in [-0.39, 0.29) is 0 Å². The fourth-order valence-electron chi connectivity index (χ4n) is 5.42. The lowest BCUT2D eigenvalue weighted by Crippen LogP contribution is -2.43. The van der Waals surface area contributed by atoms with Crippen molar-refractivity contribution in [2.45, 2.75) is 82.3 Å². The Hall–Kier alpha value is -0.570. The Balaban J connectivity index is 1.36. The molecule has 0 spiro atoms. The standard InChI is InChI=1S/C17H28N2O/c20-17(11-12-9-14-5-6-15(10-12)18-14)19-8-7-13-3-1-2-4-16(13)19/h12-16,18H,1-11H2. The quantitative estimate of drug-likeness (QED) is 0.841. The highest BCUT2D eigenvalue weighted by Crippen LogP contribution is 2.38. The molecule has 4 unspecified atom stereocenters. The molecule has 3 nitrogen and oxygen atoms in total. The van der Waals surface area contributed by atoms with Crippen LogP contribution >= 0.6 is 0 Å². The van der Waals surface area contributed by atoms with Crippen molar-refractivity contribution in [3.05, 3.63) is 0 Å². The van der Waals surface area contributed by atoms with Gasteiger partial charge in [0, 0.05) is 31.1 Å². The topological polar surface area (TPSA) is 32.3 Å². The Morgan fingerprint density at radius 1 is 1.00 bits per heavy atom. The van der Waals surface area contributed by atoms with Crippen LogP contribution in [-0.4, -0.2) is 35.5 Å². The molecule has 0 aromatic heterocycles. The molecule has 1 aliphatic carbocycles. The summed E-state index contributed by atoms with van der Waals surface area (Å²) in [5.41, 5.74) is 0. The van der Waals surface area contributed by atoms with Crippen molar-refractivity contribution in [3.63, 3.8) is 0 Å². The first-order valence-electron chi connectivity index (χ1n) is 8.85. The zero-order valence-corrected chi connectivity index (χ0v) is 12.5. The van der Waals surface area contributed by atoms with E-state index in [4.69, 9.17) is 0 Å². The van der Waals surface area contributed by atoms with Gasteiger partial charge in [-0.3, -0.25) is 4.79 Å². The predicted octanol–water partition coefficient (Wildman–Crippen LogP) is 2.70. The average Bonchev–Trinajstić information content (AvgIpc) is 3.02. The summed E-state index contributed by atoms with van der Waals surface area (Å²) in [6, 6.07) is 2.04. The first kappa shape index (κ1) is 13.1. The van der Waals surface area contributed by atoms with Crippen LogP contribution in [0, 0.1) is 11.8 Å². The Bertz CT molecular complexity index is 371. The second kappa shape index (κ2) is 5.32. The van der Waals surface area contributed by atoms with Gasteiger partial charge in [0.1, 0.15) is 0 Å². The van der Waals surface area contributed by atoms with Gasteiger partial charge in [-0.25, -0.2) is 0 Å². The van der Waals surface area contributed by atoms with E-state index in [0.29, 0.717) is 30.0 Å². The molecular formula is C17H28N2O. The van der Waals surface area contributed by atoms with Gasteiger partial charge in [0.05, 0.1) is 0 Å². The average molecular weight is 276 g/mol. The third kappa shape index (κ3) is 2.38. The number of rotatable bonds is 2. The van der Waals surface area contributed by atoms with E-state index >= 15 is 0 Å². The summed E-state index contributed by atoms with van der Waals surface area (Å²) >= 11 is 0. The fourth-order valence-corrected chi connectivity index (χ4v) is 5.42. The molecule has 1 N–H and O–H groups in total. The lowest BCUT2D eigenvalue weighted by Gasteiger charge is -2.34. The molecule has 4 fully saturated rings. The van der Waals surface area contributed by atoms with Crippen molar-refractivity contribution in [1.82, 2.24) is 10.2 Å². The molecule has 0 aromatic rings. The summed E-state index contributed by atoms with van der Waals surface area (Å²) in [6.45, 7) is 1.05. The number of piperidine rings is 1. The number of hydrogen-bond donors (Lipinski definition) is 1. The summed E-state index contributed by atoms with van der Waals surface area (Å²) in [4.78, 5) is 15.0. The van der Waals surface area contributed by atoms with E-state index < -0.39 is 0 Å². The number of amides is 1. The van der Waals surface area contributed by atoms with Gasteiger partial charge in [-0.1, -0.05) is 12.8 Å². The maximum atomic E-state index is 12.7. The zero-order chi connectivity index (χ0) is 13.5. The maximum Gasteiger partial charge on any atom is 0.223 e. The molecule has 2 bridgehead atoms. The van der Waals surface area contributed by atoms with Crippen molar-refractivity contribution >= 4 is 5.91 Å². The molecule has 0 aromatic carbocycles. The first-order chi connectivity index (χ1) is 9.79. The van der Waals surface area contributed by atoms with E-state index in [1.165, 1.54) is 57.8 Å². The van der Waals surface area contributed by atoms with Gasteiger partial charge >= 0.3 is 0 Å². The number of carbonyl (C=O) groups is 1. The van der Waals surface area contributed by atoms with Gasteiger partial charge in [0.25, 0.3) is 0 Å². The minimum atomic E-state index is 0.478. The minimum Gasteiger partial charge on any atom is -0.339 e. The van der Waals surface area contributed by atoms with Crippen molar-refractivity contribution in [1.29, 1.82) is 0 Å². The van der Waals surface area contributed by atoms with Crippen LogP contribution in [0.2, 0.25) is 0 Å². The van der Waals surface area contributed by atoms with Gasteiger partial charge in [-0.05, 0) is 56.8 Å². The number of nitrogens with zero attached hydrogens (tertiary/aromatic N) is 1. The lowest BCUT2D eigenvalue weighted by atomic mass is 9.84. The monoisotopic (exact) mass is 276 g/mol. The molecule has 0 radical (unpaired) electrons. The van der Waals surface area contributed by atoms with Gasteiger partial charge in [-0.2, -0.15) is 0 Å². The van der Waals surface area contributed by atoms with Crippen LogP contribution in [0.5, 0.6) is 0 Å². The highest BCUT2D eigenvalue weighted by Gasteiger charge is 2.40. The third-order valence-electron chi connectivity index (χ3n) is 6.36. The smallest absolute Gasteiger partial charge is 0.223 e. The highest BCUT2D eigenvalue weighted by molar-refractivity contribution is 5.77. The summed E-state index contributed by atoms with van der Waals surface area (Å²) in [6.07, 6.45) is 12.6. The van der Waals surface area contributed by atoms with E-state index in [2.05, 4.69) is 10.2 Å². The number of carbonyl (C=O) groups excluding carboxylic acids is 1. The van der Waals surface area contributed by atoms with E-state index in [1.54, 1.807) is 0 Å². The fraction of sp³-hybridized carbons (Fsp3) is 0.941. The van der Waals surface area contributed by atoms with Gasteiger partial charge in [0.15, 0.2) is 0 Å². The first-order valence-corrected chi connectivity index (χ1v) is 8.85. The van der Waals surface area contributed by atoms with Crippen LogP contribution in [-0.2, 0) is 4.79 Å². The van der Waals surface area contributed by atoms with Crippen LogP contribution in [0.1, 0.15) is 64.2 Å². The van der Waals surface area contributed by atoms with Gasteiger partial charge in [0.2, 0.25) is 5.91 Å². The molecule has 4 rings (SSSR count). The molecule has 112 valence electrons. The van der Waals surface area contributed by atoms with Crippen LogP contribution < -0.4 is 5.32 Å². The SMILES string of the molecule is O=C(CC1CC2CCC(C1)N2)N1CCC2CCCCC21. The molecule has 20 heavy (non-hydrogen) atoms. The normalized spacial score (nSPS) is 43.6. The largest absolute Gasteiger partial charge is 0.339 e. The van der Waals surface area contributed by atoms with Crippen LogP contribution in [0.3, 0.4) is 0 Å². The molecule has 4 atom stereocenters. The molecule has 3 heteroatoms. The number of likely N-dealkylation sites (tertiary alicyclic amines) is 1. The minimum absolute atomic E-state index is 0.478. The summed E-state index contributed by atoms with van der Waals surface area (Å²) in [5, 5.41) is 3.68. The lowest BCUT2D eigenvalue weighted by molar-refractivity contribution is -0.134. The number of hydrogen-bond acceptors (Lipinski definition) is 2. The zero-order valence-electron chi connectivity index (χ0n) is 12.5. The Morgan fingerprint density at radius 3 is 2.55 bits per heavy atom. The summed E-state index contributed by atoms with van der Waals surface area (Å²) < 4.78 is 0. The van der Waals surface area contributed by atoms with Crippen molar-refractivity contribution in [2.24, 2.45) is 11.8 Å². The molecule has 3 heterocycles. The maximum absolute atomic E-state index is 12.7. The highest BCUT2D eigenvalue weighted by atomic mass is 16.2. The van der Waals surface area contributed by atoms with Crippen LogP contribution in [0.15, 0.2) is 0 Å². The molecule has 3 aliphatic heterocycles. The Labute approximate surface area is 122 Å². The summed E-state index contributed by atoms with van der Waals surface area (Å²) in [5.74, 6) is 1.96. The number of nitrogens with one attached hydrogen (secondary N) is 1. The third-order valence-corrected chi connectivity index (χ3v) is 6.36. The molecule has 1 amide bonds. The second-order valence-electron chi connectivity index (χ2n) is 7.67. The van der Waals surface area contributed by atoms with Crippen molar-refractivity contribution in [3.8, 4) is 0 Å². The van der Waals surface area contributed by atoms with Crippen LogP contribution in [0.4, 0.5) is 0 Å². The molecular weight excluding hydrogens is 248 g/mol. The summed E-state index contributed by atoms with van der Waals surface area (Å²) in [7, 11) is 0. The molecule has 1 saturated carbocycles. The molecule has 3 saturated heterocycles. The Kier molecular flexibility index (Phi) is 3.49. The Morgan fingerprint density at radius 2 is 1.75 bits per heavy atom.